The van der Waals surface area contributed by atoms with Crippen molar-refractivity contribution >= 4 is 35.0 Å². The highest BCUT2D eigenvalue weighted by Gasteiger charge is 2.22. The second kappa shape index (κ2) is 6.43. The van der Waals surface area contributed by atoms with E-state index in [9.17, 15) is 9.59 Å². The number of hydrogen-bond acceptors (Lipinski definition) is 4. The third-order valence-electron chi connectivity index (χ3n) is 3.11. The summed E-state index contributed by atoms with van der Waals surface area (Å²) in [5.74, 6) is -0.332. The smallest absolute Gasteiger partial charge is 0.304 e. The Morgan fingerprint density at radius 2 is 2.37 bits per heavy atom. The molecule has 2 rings (SSSR count). The Kier molecular flexibility index (Phi) is 4.87. The number of thioether (sulfide) groups is 1. The number of carboxylic acids is 1. The predicted molar refractivity (Wildman–Crippen MR) is 77.6 cm³/mol. The fraction of sp³-hybridized carbons (Fsp3) is 0.538. The number of fused-ring (bicyclic) bond motifs is 1. The highest BCUT2D eigenvalue weighted by Crippen LogP contribution is 2.25. The summed E-state index contributed by atoms with van der Waals surface area (Å²) in [6.45, 7) is 3.32. The van der Waals surface area contributed by atoms with Crippen LogP contribution in [0.4, 0.5) is 0 Å². The second-order valence-electron chi connectivity index (χ2n) is 4.65. The number of thiophene rings is 1. The molecule has 0 bridgehead atoms. The highest BCUT2D eigenvalue weighted by molar-refractivity contribution is 8.00. The first-order chi connectivity index (χ1) is 9.06. The first kappa shape index (κ1) is 14.4. The average molecular weight is 299 g/mol. The van der Waals surface area contributed by atoms with Gasteiger partial charge in [0.05, 0.1) is 12.2 Å². The number of amides is 1. The first-order valence-corrected chi connectivity index (χ1v) is 8.15. The molecule has 1 atom stereocenters. The minimum absolute atomic E-state index is 0.0250. The zero-order valence-electron chi connectivity index (χ0n) is 10.8. The van der Waals surface area contributed by atoms with Crippen LogP contribution in [0, 0.1) is 0 Å². The van der Waals surface area contributed by atoms with Gasteiger partial charge in [0.1, 0.15) is 0 Å². The van der Waals surface area contributed by atoms with Gasteiger partial charge in [0, 0.05) is 23.2 Å². The summed E-state index contributed by atoms with van der Waals surface area (Å²) < 4.78 is 0. The molecule has 0 fully saturated rings. The van der Waals surface area contributed by atoms with Crippen LogP contribution in [0.5, 0.6) is 0 Å². The molecular formula is C13H17NO3S2. The Labute approximate surface area is 120 Å². The minimum Gasteiger partial charge on any atom is -0.481 e. The Morgan fingerprint density at radius 1 is 1.58 bits per heavy atom. The maximum atomic E-state index is 12.1. The van der Waals surface area contributed by atoms with E-state index in [1.54, 1.807) is 11.3 Å². The molecule has 1 N–H and O–H groups in total. The van der Waals surface area contributed by atoms with Gasteiger partial charge in [-0.05, 0) is 23.4 Å². The quantitative estimate of drug-likeness (QED) is 0.906. The van der Waals surface area contributed by atoms with E-state index in [1.165, 1.54) is 22.2 Å². The second-order valence-corrected chi connectivity index (χ2v) is 7.08. The standard InChI is InChI=1S/C13H17NO3S2/c1-9(6-13(16)17)19-8-12(15)14-4-2-11-10(7-14)3-5-18-11/h3,5,9H,2,4,6-8H2,1H3,(H,16,17). The van der Waals surface area contributed by atoms with Crippen LogP contribution in [0.2, 0.25) is 0 Å². The molecule has 0 aliphatic carbocycles. The van der Waals surface area contributed by atoms with Crippen LogP contribution in [-0.4, -0.2) is 39.4 Å². The molecule has 0 saturated heterocycles. The molecule has 1 aliphatic rings. The fourth-order valence-corrected chi connectivity index (χ4v) is 3.83. The lowest BCUT2D eigenvalue weighted by atomic mass is 10.1. The third kappa shape index (κ3) is 3.98. The lowest BCUT2D eigenvalue weighted by molar-refractivity contribution is -0.137. The van der Waals surface area contributed by atoms with Crippen molar-refractivity contribution in [1.29, 1.82) is 0 Å². The van der Waals surface area contributed by atoms with Gasteiger partial charge in [-0.15, -0.1) is 23.1 Å². The molecule has 0 radical (unpaired) electrons. The fourth-order valence-electron chi connectivity index (χ4n) is 2.07. The Bertz CT molecular complexity index is 472. The van der Waals surface area contributed by atoms with Gasteiger partial charge in [0.25, 0.3) is 0 Å². The Morgan fingerprint density at radius 3 is 3.11 bits per heavy atom. The van der Waals surface area contributed by atoms with Gasteiger partial charge in [0.2, 0.25) is 5.91 Å². The molecule has 0 spiro atoms. The van der Waals surface area contributed by atoms with E-state index in [-0.39, 0.29) is 17.6 Å². The van der Waals surface area contributed by atoms with Crippen LogP contribution >= 0.6 is 23.1 Å². The van der Waals surface area contributed by atoms with Crippen molar-refractivity contribution in [2.45, 2.75) is 31.6 Å². The summed E-state index contributed by atoms with van der Waals surface area (Å²) in [5.41, 5.74) is 1.26. The van der Waals surface area contributed by atoms with Crippen molar-refractivity contribution in [3.8, 4) is 0 Å². The number of nitrogens with zero attached hydrogens (tertiary/aromatic N) is 1. The number of aliphatic carboxylic acids is 1. The van der Waals surface area contributed by atoms with Crippen LogP contribution in [0.3, 0.4) is 0 Å². The van der Waals surface area contributed by atoms with Gasteiger partial charge in [-0.1, -0.05) is 6.92 Å². The first-order valence-electron chi connectivity index (χ1n) is 6.22. The van der Waals surface area contributed by atoms with Gasteiger partial charge in [-0.3, -0.25) is 9.59 Å². The van der Waals surface area contributed by atoms with Gasteiger partial charge >= 0.3 is 5.97 Å². The van der Waals surface area contributed by atoms with Gasteiger partial charge in [-0.25, -0.2) is 0 Å². The average Bonchev–Trinajstić information content (AvgIpc) is 2.82. The lowest BCUT2D eigenvalue weighted by Gasteiger charge is -2.27. The van der Waals surface area contributed by atoms with Gasteiger partial charge in [-0.2, -0.15) is 0 Å². The molecular weight excluding hydrogens is 282 g/mol. The number of carbonyl (C=O) groups is 2. The van der Waals surface area contributed by atoms with E-state index in [4.69, 9.17) is 5.11 Å². The summed E-state index contributed by atoms with van der Waals surface area (Å²) in [4.78, 5) is 25.9. The highest BCUT2D eigenvalue weighted by atomic mass is 32.2. The Hall–Kier alpha value is -1.01. The number of carbonyl (C=O) groups excluding carboxylic acids is 1. The van der Waals surface area contributed by atoms with E-state index in [0.29, 0.717) is 12.3 Å². The topological polar surface area (TPSA) is 57.6 Å². The zero-order chi connectivity index (χ0) is 13.8. The van der Waals surface area contributed by atoms with E-state index in [0.717, 1.165) is 13.0 Å². The van der Waals surface area contributed by atoms with Crippen molar-refractivity contribution in [3.63, 3.8) is 0 Å². The van der Waals surface area contributed by atoms with E-state index >= 15 is 0 Å². The van der Waals surface area contributed by atoms with Crippen LogP contribution in [0.1, 0.15) is 23.8 Å². The normalized spacial score (nSPS) is 15.9. The molecule has 1 aliphatic heterocycles. The summed E-state index contributed by atoms with van der Waals surface area (Å²) >= 11 is 3.18. The maximum Gasteiger partial charge on any atom is 0.304 e. The van der Waals surface area contributed by atoms with Gasteiger partial charge < -0.3 is 10.0 Å². The van der Waals surface area contributed by atoms with Crippen LogP contribution in [-0.2, 0) is 22.6 Å². The molecule has 19 heavy (non-hydrogen) atoms. The molecule has 1 amide bonds. The number of hydrogen-bond donors (Lipinski definition) is 1. The summed E-state index contributed by atoms with van der Waals surface area (Å²) in [7, 11) is 0. The van der Waals surface area contributed by atoms with Crippen molar-refractivity contribution in [1.82, 2.24) is 4.90 Å². The Balaban J connectivity index is 1.80. The van der Waals surface area contributed by atoms with Crippen LogP contribution < -0.4 is 0 Å². The van der Waals surface area contributed by atoms with Crippen molar-refractivity contribution in [2.75, 3.05) is 12.3 Å². The van der Waals surface area contributed by atoms with E-state index < -0.39 is 5.97 Å². The monoisotopic (exact) mass is 299 g/mol. The lowest BCUT2D eigenvalue weighted by Crippen LogP contribution is -2.36. The van der Waals surface area contributed by atoms with Gasteiger partial charge in [0.15, 0.2) is 0 Å². The molecule has 1 unspecified atom stereocenters. The number of carboxylic acid groups (broad SMARTS) is 1. The molecule has 1 aromatic rings. The van der Waals surface area contributed by atoms with E-state index in [2.05, 4.69) is 11.4 Å². The minimum atomic E-state index is -0.812. The van der Waals surface area contributed by atoms with Crippen LogP contribution in [0.25, 0.3) is 0 Å². The van der Waals surface area contributed by atoms with Crippen molar-refractivity contribution in [3.05, 3.63) is 21.9 Å². The third-order valence-corrected chi connectivity index (χ3v) is 5.29. The van der Waals surface area contributed by atoms with Crippen molar-refractivity contribution < 1.29 is 14.7 Å². The van der Waals surface area contributed by atoms with Crippen molar-refractivity contribution in [2.24, 2.45) is 0 Å². The molecule has 1 aromatic heterocycles. The summed E-state index contributed by atoms with van der Waals surface area (Å²) in [5, 5.41) is 10.7. The summed E-state index contributed by atoms with van der Waals surface area (Å²) in [6.07, 6.45) is 1.04. The molecule has 6 heteroatoms. The van der Waals surface area contributed by atoms with Crippen LogP contribution in [0.15, 0.2) is 11.4 Å². The molecule has 2 heterocycles. The molecule has 0 aromatic carbocycles. The molecule has 4 nitrogen and oxygen atoms in total. The maximum absolute atomic E-state index is 12.1. The number of rotatable bonds is 5. The van der Waals surface area contributed by atoms with E-state index in [1.807, 2.05) is 11.8 Å². The SMILES string of the molecule is CC(CC(=O)O)SCC(=O)N1CCc2sccc2C1. The predicted octanol–water partition coefficient (Wildman–Crippen LogP) is 2.23. The molecule has 0 saturated carbocycles. The largest absolute Gasteiger partial charge is 0.481 e. The molecule has 104 valence electrons. The zero-order valence-corrected chi connectivity index (χ0v) is 12.4. The summed E-state index contributed by atoms with van der Waals surface area (Å²) in [6, 6.07) is 2.08.